The SMILES string of the molecule is CCO[C@@]1(CN2CCN(C3COC3)CC2)/C=C\C[C@H](C)[C@@H](C)S(=O)(=O)NC(=O)c2ccc3c(c2)N(C[C@@H]2CC[C@H]21)C[C@@]1(CCCc2cc(Cl)ccc21)CO3. The number of allylic oxidation sites excluding steroid dienone is 1. The predicted molar refractivity (Wildman–Crippen MR) is 212 cm³/mol. The van der Waals surface area contributed by atoms with Gasteiger partial charge >= 0.3 is 0 Å². The number of amides is 1. The average molecular weight is 781 g/mol. The molecule has 8 rings (SSSR count). The summed E-state index contributed by atoms with van der Waals surface area (Å²) in [4.78, 5) is 21.3. The summed E-state index contributed by atoms with van der Waals surface area (Å²) in [6.45, 7) is 14.8. The first-order valence-corrected chi connectivity index (χ1v) is 22.1. The van der Waals surface area contributed by atoms with Gasteiger partial charge in [0.15, 0.2) is 0 Å². The minimum absolute atomic E-state index is 0.218. The number of benzene rings is 2. The fourth-order valence-corrected chi connectivity index (χ4v) is 11.5. The Kier molecular flexibility index (Phi) is 10.9. The van der Waals surface area contributed by atoms with Gasteiger partial charge in [-0.2, -0.15) is 0 Å². The fraction of sp³-hybridized carbons (Fsp3) is 0.643. The number of halogens is 1. The molecule has 3 fully saturated rings. The van der Waals surface area contributed by atoms with Gasteiger partial charge in [0.1, 0.15) is 11.4 Å². The summed E-state index contributed by atoms with van der Waals surface area (Å²) in [5.41, 5.74) is 2.92. The minimum atomic E-state index is -3.96. The summed E-state index contributed by atoms with van der Waals surface area (Å²) >= 11 is 6.52. The molecule has 10 nitrogen and oxygen atoms in total. The van der Waals surface area contributed by atoms with E-state index in [0.29, 0.717) is 37.2 Å². The lowest BCUT2D eigenvalue weighted by Crippen LogP contribution is -2.61. The van der Waals surface area contributed by atoms with Crippen LogP contribution in [0.5, 0.6) is 5.75 Å². The number of carbonyl (C=O) groups excluding carboxylic acids is 1. The summed E-state index contributed by atoms with van der Waals surface area (Å²) in [6, 6.07) is 12.2. The van der Waals surface area contributed by atoms with E-state index in [4.69, 9.17) is 25.8 Å². The number of hydrogen-bond acceptors (Lipinski definition) is 9. The third-order valence-corrected chi connectivity index (χ3v) is 15.8. The van der Waals surface area contributed by atoms with Crippen LogP contribution in [0.3, 0.4) is 0 Å². The van der Waals surface area contributed by atoms with E-state index in [2.05, 4.69) is 50.6 Å². The van der Waals surface area contributed by atoms with Crippen molar-refractivity contribution < 1.29 is 27.4 Å². The Morgan fingerprint density at radius 3 is 2.59 bits per heavy atom. The first-order valence-electron chi connectivity index (χ1n) is 20.2. The maximum absolute atomic E-state index is 13.7. The number of carbonyl (C=O) groups is 1. The zero-order valence-corrected chi connectivity index (χ0v) is 33.7. The van der Waals surface area contributed by atoms with Crippen LogP contribution < -0.4 is 14.4 Å². The Labute approximate surface area is 326 Å². The van der Waals surface area contributed by atoms with Crippen LogP contribution in [0.2, 0.25) is 5.02 Å². The van der Waals surface area contributed by atoms with Crippen molar-refractivity contribution in [3.05, 3.63) is 70.3 Å². The van der Waals surface area contributed by atoms with Crippen LogP contribution in [-0.2, 0) is 31.3 Å². The van der Waals surface area contributed by atoms with E-state index in [1.807, 2.05) is 25.1 Å². The van der Waals surface area contributed by atoms with E-state index in [9.17, 15) is 13.2 Å². The molecule has 12 heteroatoms. The second-order valence-corrected chi connectivity index (χ2v) is 19.4. The van der Waals surface area contributed by atoms with E-state index < -0.39 is 26.8 Å². The Balaban J connectivity index is 1.18. The molecule has 0 unspecified atom stereocenters. The third kappa shape index (κ3) is 7.34. The molecule has 2 aliphatic carbocycles. The number of hydrogen-bond donors (Lipinski definition) is 1. The topological polar surface area (TPSA) is 101 Å². The number of aryl methyl sites for hydroxylation is 1. The van der Waals surface area contributed by atoms with Crippen molar-refractivity contribution in [3.63, 3.8) is 0 Å². The summed E-state index contributed by atoms with van der Waals surface area (Å²) in [6.07, 6.45) is 10.2. The molecule has 294 valence electrons. The minimum Gasteiger partial charge on any atom is -0.490 e. The monoisotopic (exact) mass is 780 g/mol. The molecular formula is C42H57ClN4O6S. The molecule has 2 saturated heterocycles. The molecule has 0 radical (unpaired) electrons. The van der Waals surface area contributed by atoms with E-state index in [1.165, 1.54) is 11.1 Å². The highest BCUT2D eigenvalue weighted by Crippen LogP contribution is 2.49. The van der Waals surface area contributed by atoms with Crippen molar-refractivity contribution in [2.24, 2.45) is 17.8 Å². The van der Waals surface area contributed by atoms with Gasteiger partial charge in [-0.25, -0.2) is 13.1 Å². The van der Waals surface area contributed by atoms with Gasteiger partial charge in [0, 0.05) is 68.4 Å². The zero-order chi connectivity index (χ0) is 37.7. The molecule has 1 saturated carbocycles. The largest absolute Gasteiger partial charge is 0.490 e. The van der Waals surface area contributed by atoms with Crippen LogP contribution in [0, 0.1) is 17.8 Å². The first kappa shape index (κ1) is 38.2. The predicted octanol–water partition coefficient (Wildman–Crippen LogP) is 5.68. The van der Waals surface area contributed by atoms with E-state index in [1.54, 1.807) is 13.0 Å². The van der Waals surface area contributed by atoms with Gasteiger partial charge in [0.25, 0.3) is 5.91 Å². The molecule has 4 aliphatic heterocycles. The van der Waals surface area contributed by atoms with E-state index in [-0.39, 0.29) is 17.3 Å². The number of nitrogens with zero attached hydrogens (tertiary/aromatic N) is 3. The van der Waals surface area contributed by atoms with Crippen LogP contribution >= 0.6 is 11.6 Å². The van der Waals surface area contributed by atoms with Gasteiger partial charge in [0.05, 0.1) is 36.8 Å². The summed E-state index contributed by atoms with van der Waals surface area (Å²) in [7, 11) is -3.96. The lowest BCUT2D eigenvalue weighted by atomic mass is 9.63. The van der Waals surface area contributed by atoms with Gasteiger partial charge in [0.2, 0.25) is 10.0 Å². The van der Waals surface area contributed by atoms with Crippen LogP contribution in [0.4, 0.5) is 5.69 Å². The highest BCUT2D eigenvalue weighted by Gasteiger charge is 2.50. The van der Waals surface area contributed by atoms with E-state index >= 15 is 0 Å². The molecule has 0 aromatic heterocycles. The molecule has 2 bridgehead atoms. The van der Waals surface area contributed by atoms with Crippen molar-refractivity contribution in [3.8, 4) is 5.75 Å². The average Bonchev–Trinajstić information content (AvgIpc) is 3.26. The molecule has 1 N–H and O–H groups in total. The number of fused-ring (bicyclic) bond motifs is 4. The van der Waals surface area contributed by atoms with Crippen molar-refractivity contribution in [2.45, 2.75) is 81.6 Å². The van der Waals surface area contributed by atoms with Gasteiger partial charge in [-0.1, -0.05) is 36.7 Å². The summed E-state index contributed by atoms with van der Waals surface area (Å²) in [5, 5.41) is -0.0278. The molecule has 1 spiro atoms. The van der Waals surface area contributed by atoms with Gasteiger partial charge in [-0.15, -0.1) is 0 Å². The zero-order valence-electron chi connectivity index (χ0n) is 32.1. The smallest absolute Gasteiger partial charge is 0.264 e. The highest BCUT2D eigenvalue weighted by atomic mass is 35.5. The van der Waals surface area contributed by atoms with Crippen LogP contribution in [-0.4, -0.2) is 113 Å². The van der Waals surface area contributed by atoms with Gasteiger partial charge < -0.3 is 19.1 Å². The molecule has 6 atom stereocenters. The second kappa shape index (κ2) is 15.3. The van der Waals surface area contributed by atoms with Crippen molar-refractivity contribution in [1.29, 1.82) is 0 Å². The highest BCUT2D eigenvalue weighted by molar-refractivity contribution is 7.90. The Morgan fingerprint density at radius 1 is 1.06 bits per heavy atom. The second-order valence-electron chi connectivity index (χ2n) is 16.9. The van der Waals surface area contributed by atoms with Crippen molar-refractivity contribution >= 4 is 33.2 Å². The maximum atomic E-state index is 13.7. The normalized spacial score (nSPS) is 34.0. The lowest BCUT2D eigenvalue weighted by Gasteiger charge is -2.53. The molecule has 2 aromatic carbocycles. The quantitative estimate of drug-likeness (QED) is 0.385. The number of anilines is 1. The fourth-order valence-electron chi connectivity index (χ4n) is 10.1. The lowest BCUT2D eigenvalue weighted by molar-refractivity contribution is -0.119. The number of ether oxygens (including phenoxy) is 3. The maximum Gasteiger partial charge on any atom is 0.264 e. The van der Waals surface area contributed by atoms with Crippen LogP contribution in [0.25, 0.3) is 0 Å². The van der Waals surface area contributed by atoms with Gasteiger partial charge in [-0.05, 0) is 112 Å². The molecular weight excluding hydrogens is 724 g/mol. The van der Waals surface area contributed by atoms with Crippen LogP contribution in [0.15, 0.2) is 48.6 Å². The number of piperazine rings is 1. The summed E-state index contributed by atoms with van der Waals surface area (Å²) < 4.78 is 48.9. The summed E-state index contributed by atoms with van der Waals surface area (Å²) in [5.74, 6) is 0.496. The molecule has 54 heavy (non-hydrogen) atoms. The Bertz CT molecular complexity index is 1850. The molecule has 2 aromatic rings. The van der Waals surface area contributed by atoms with Gasteiger partial charge in [-0.3, -0.25) is 14.6 Å². The number of rotatable bonds is 5. The number of nitrogens with one attached hydrogen (secondary N) is 1. The van der Waals surface area contributed by atoms with Crippen molar-refractivity contribution in [1.82, 2.24) is 14.5 Å². The Hall–Kier alpha value is -2.67. The first-order chi connectivity index (χ1) is 26.0. The molecule has 6 aliphatic rings. The molecule has 1 amide bonds. The van der Waals surface area contributed by atoms with Crippen LogP contribution in [0.1, 0.15) is 74.4 Å². The Morgan fingerprint density at radius 2 is 1.87 bits per heavy atom. The number of sulfonamides is 1. The third-order valence-electron chi connectivity index (χ3n) is 13.7. The van der Waals surface area contributed by atoms with E-state index in [0.717, 1.165) is 108 Å². The standard InChI is InChI=1S/C42H57ClN4O6S/c1-4-53-42(27-45-17-19-46(20-18-45)35-24-51-25-35)16-5-7-29(2)30(3)54(49,50)44-40(48)32-10-14-39-38(22-32)47(23-33-9-12-37(33)42)26-41(28-52-39)15-6-8-31-21-34(43)11-13-36(31)41/h5,10-11,13-14,16,21-22,29-30,33,35,37H,4,6-9,12,15,17-20,23-28H2,1-3H3,(H,44,48)/b16-5-/t29-,30+,33-,37+,41-,42+/m0/s1. The van der Waals surface area contributed by atoms with Crippen molar-refractivity contribution in [2.75, 3.05) is 77.1 Å². The molecule has 4 heterocycles.